The van der Waals surface area contributed by atoms with Crippen LogP contribution in [0, 0.1) is 6.92 Å². The third-order valence-corrected chi connectivity index (χ3v) is 4.44. The Bertz CT molecular complexity index is 713. The molecule has 2 aromatic heterocycles. The lowest BCUT2D eigenvalue weighted by atomic mass is 10.0. The summed E-state index contributed by atoms with van der Waals surface area (Å²) in [6, 6.07) is 1.74. The quantitative estimate of drug-likeness (QED) is 0.792. The number of aromatic nitrogens is 4. The number of halogens is 2. The Hall–Kier alpha value is -1.57. The summed E-state index contributed by atoms with van der Waals surface area (Å²) in [5.41, 5.74) is 4.05. The lowest BCUT2D eigenvalue weighted by Gasteiger charge is -2.28. The zero-order valence-corrected chi connectivity index (χ0v) is 15.1. The van der Waals surface area contributed by atoms with Crippen molar-refractivity contribution in [1.82, 2.24) is 30.0 Å². The van der Waals surface area contributed by atoms with Crippen LogP contribution in [-0.2, 0) is 24.3 Å². The van der Waals surface area contributed by atoms with Gasteiger partial charge in [-0.15, -0.1) is 24.8 Å². The predicted molar refractivity (Wildman–Crippen MR) is 94.5 cm³/mol. The van der Waals surface area contributed by atoms with Gasteiger partial charge in [-0.3, -0.25) is 9.48 Å². The topological polar surface area (TPSA) is 78.8 Å². The number of nitrogens with zero attached hydrogens (tertiary/aromatic N) is 4. The van der Waals surface area contributed by atoms with Gasteiger partial charge in [-0.05, 0) is 19.4 Å². The minimum Gasteiger partial charge on any atom is -0.348 e. The third kappa shape index (κ3) is 3.29. The summed E-state index contributed by atoms with van der Waals surface area (Å²) in [5, 5.41) is 7.80. The molecule has 0 bridgehead atoms. The zero-order chi connectivity index (χ0) is 15.1. The number of aromatic amines is 1. The fourth-order valence-electron chi connectivity index (χ4n) is 3.40. The molecule has 4 rings (SSSR count). The molecule has 2 aliphatic heterocycles. The Balaban J connectivity index is 0.00000104. The first-order valence-corrected chi connectivity index (χ1v) is 7.80. The van der Waals surface area contributed by atoms with E-state index in [0.29, 0.717) is 6.54 Å². The van der Waals surface area contributed by atoms with Crippen LogP contribution in [0.25, 0.3) is 0 Å². The van der Waals surface area contributed by atoms with Crippen molar-refractivity contribution in [1.29, 1.82) is 0 Å². The third-order valence-electron chi connectivity index (χ3n) is 4.44. The van der Waals surface area contributed by atoms with Gasteiger partial charge in [0.25, 0.3) is 0 Å². The molecule has 0 saturated carbocycles. The summed E-state index contributed by atoms with van der Waals surface area (Å²) in [7, 11) is 0. The molecule has 2 N–H and O–H groups in total. The maximum Gasteiger partial charge on any atom is 0.246 e. The number of amides is 1. The minimum absolute atomic E-state index is 0. The molecule has 0 radical (unpaired) electrons. The standard InChI is InChI=1S/C15H20N6O.2ClH/c1-10-7-11-8-20(5-2-6-21(11)19-10)15(22)14-13-12(3-4-16-14)17-9-18-13;;/h7,9,14,16H,2-6,8H2,1H3,(H,17,18);2*1H. The largest absolute Gasteiger partial charge is 0.348 e. The van der Waals surface area contributed by atoms with Gasteiger partial charge in [0.1, 0.15) is 6.04 Å². The monoisotopic (exact) mass is 372 g/mol. The van der Waals surface area contributed by atoms with E-state index in [-0.39, 0.29) is 36.8 Å². The number of aryl methyl sites for hydroxylation is 2. The molecule has 2 aromatic rings. The van der Waals surface area contributed by atoms with E-state index in [4.69, 9.17) is 0 Å². The molecule has 0 saturated heterocycles. The number of imidazole rings is 1. The number of hydrogen-bond acceptors (Lipinski definition) is 4. The summed E-state index contributed by atoms with van der Waals surface area (Å²) < 4.78 is 2.02. The molecule has 7 nitrogen and oxygen atoms in total. The second-order valence-corrected chi connectivity index (χ2v) is 6.02. The van der Waals surface area contributed by atoms with Crippen LogP contribution in [-0.4, -0.2) is 43.6 Å². The van der Waals surface area contributed by atoms with Crippen molar-refractivity contribution >= 4 is 30.7 Å². The van der Waals surface area contributed by atoms with Gasteiger partial charge in [0.15, 0.2) is 0 Å². The number of fused-ring (bicyclic) bond motifs is 2. The molecule has 0 spiro atoms. The minimum atomic E-state index is -0.328. The first kappa shape index (κ1) is 18.8. The maximum absolute atomic E-state index is 13.0. The van der Waals surface area contributed by atoms with Gasteiger partial charge in [0.2, 0.25) is 5.91 Å². The number of carbonyl (C=O) groups is 1. The molecule has 0 fully saturated rings. The SMILES string of the molecule is Cc1cc2n(n1)CCCN(C(=O)C1NCCc3[nH]cnc31)C2.Cl.Cl. The summed E-state index contributed by atoms with van der Waals surface area (Å²) in [6.45, 7) is 5.05. The van der Waals surface area contributed by atoms with Crippen molar-refractivity contribution < 1.29 is 4.79 Å². The van der Waals surface area contributed by atoms with Crippen LogP contribution in [0.5, 0.6) is 0 Å². The average Bonchev–Trinajstić information content (AvgIpc) is 3.07. The van der Waals surface area contributed by atoms with Gasteiger partial charge in [-0.25, -0.2) is 4.98 Å². The predicted octanol–water partition coefficient (Wildman–Crippen LogP) is 1.38. The molecule has 4 heterocycles. The fourth-order valence-corrected chi connectivity index (χ4v) is 3.40. The van der Waals surface area contributed by atoms with Crippen LogP contribution in [0.4, 0.5) is 0 Å². The van der Waals surface area contributed by atoms with E-state index in [1.165, 1.54) is 0 Å². The van der Waals surface area contributed by atoms with E-state index in [1.807, 2.05) is 16.5 Å². The number of nitrogens with one attached hydrogen (secondary N) is 2. The zero-order valence-electron chi connectivity index (χ0n) is 13.5. The van der Waals surface area contributed by atoms with Crippen LogP contribution < -0.4 is 5.32 Å². The molecule has 1 unspecified atom stereocenters. The fraction of sp³-hybridized carbons (Fsp3) is 0.533. The molecular formula is C15H22Cl2N6O. The van der Waals surface area contributed by atoms with E-state index in [9.17, 15) is 4.79 Å². The summed E-state index contributed by atoms with van der Waals surface area (Å²) >= 11 is 0. The van der Waals surface area contributed by atoms with Gasteiger partial charge in [0, 0.05) is 31.7 Å². The van der Waals surface area contributed by atoms with Crippen molar-refractivity contribution in [2.45, 2.75) is 38.9 Å². The van der Waals surface area contributed by atoms with E-state index in [0.717, 1.165) is 55.3 Å². The molecule has 1 atom stereocenters. The Kier molecular flexibility index (Phi) is 5.90. The Morgan fingerprint density at radius 3 is 3.00 bits per heavy atom. The van der Waals surface area contributed by atoms with Crippen molar-refractivity contribution in [3.8, 4) is 0 Å². The van der Waals surface area contributed by atoms with Crippen molar-refractivity contribution in [3.05, 3.63) is 35.2 Å². The lowest BCUT2D eigenvalue weighted by Crippen LogP contribution is -2.43. The van der Waals surface area contributed by atoms with Crippen LogP contribution in [0.2, 0.25) is 0 Å². The highest BCUT2D eigenvalue weighted by Gasteiger charge is 2.32. The number of H-pyrrole nitrogens is 1. The summed E-state index contributed by atoms with van der Waals surface area (Å²) in [5.74, 6) is 0.111. The normalized spacial score (nSPS) is 19.4. The Labute approximate surface area is 153 Å². The first-order valence-electron chi connectivity index (χ1n) is 7.80. The Morgan fingerprint density at radius 2 is 2.17 bits per heavy atom. The van der Waals surface area contributed by atoms with Gasteiger partial charge in [-0.2, -0.15) is 5.10 Å². The maximum atomic E-state index is 13.0. The van der Waals surface area contributed by atoms with Gasteiger partial charge in [-0.1, -0.05) is 0 Å². The second-order valence-electron chi connectivity index (χ2n) is 6.02. The number of carbonyl (C=O) groups excluding carboxylic acids is 1. The van der Waals surface area contributed by atoms with E-state index >= 15 is 0 Å². The van der Waals surface area contributed by atoms with Crippen LogP contribution >= 0.6 is 24.8 Å². The molecule has 0 aromatic carbocycles. The number of hydrogen-bond donors (Lipinski definition) is 2. The number of rotatable bonds is 1. The van der Waals surface area contributed by atoms with Gasteiger partial charge < -0.3 is 15.2 Å². The molecule has 9 heteroatoms. The molecule has 2 aliphatic rings. The highest BCUT2D eigenvalue weighted by atomic mass is 35.5. The smallest absolute Gasteiger partial charge is 0.246 e. The first-order chi connectivity index (χ1) is 10.7. The second kappa shape index (κ2) is 7.55. The summed E-state index contributed by atoms with van der Waals surface area (Å²) in [4.78, 5) is 22.4. The summed E-state index contributed by atoms with van der Waals surface area (Å²) in [6.07, 6.45) is 3.50. The van der Waals surface area contributed by atoms with Gasteiger partial charge in [0.05, 0.1) is 30.0 Å². The average molecular weight is 373 g/mol. The molecule has 1 amide bonds. The van der Waals surface area contributed by atoms with Crippen LogP contribution in [0.15, 0.2) is 12.4 Å². The molecule has 24 heavy (non-hydrogen) atoms. The van der Waals surface area contributed by atoms with E-state index in [2.05, 4.69) is 26.4 Å². The van der Waals surface area contributed by atoms with E-state index in [1.54, 1.807) is 6.33 Å². The van der Waals surface area contributed by atoms with Gasteiger partial charge >= 0.3 is 0 Å². The molecule has 0 aliphatic carbocycles. The highest BCUT2D eigenvalue weighted by molar-refractivity contribution is 5.85. The molecule has 132 valence electrons. The highest BCUT2D eigenvalue weighted by Crippen LogP contribution is 2.23. The van der Waals surface area contributed by atoms with Crippen molar-refractivity contribution in [2.24, 2.45) is 0 Å². The van der Waals surface area contributed by atoms with Crippen molar-refractivity contribution in [2.75, 3.05) is 13.1 Å². The molecular weight excluding hydrogens is 351 g/mol. The van der Waals surface area contributed by atoms with Crippen molar-refractivity contribution in [3.63, 3.8) is 0 Å². The van der Waals surface area contributed by atoms with E-state index < -0.39 is 0 Å². The lowest BCUT2D eigenvalue weighted by molar-refractivity contribution is -0.134. The van der Waals surface area contributed by atoms with Crippen LogP contribution in [0.3, 0.4) is 0 Å². The van der Waals surface area contributed by atoms with Crippen LogP contribution in [0.1, 0.15) is 35.2 Å². The Morgan fingerprint density at radius 1 is 1.33 bits per heavy atom.